The molecule has 1 atom stereocenters. The Labute approximate surface area is 336 Å². The highest BCUT2D eigenvalue weighted by molar-refractivity contribution is 6.35. The smallest absolute Gasteiger partial charge is 0.275 e. The maximum Gasteiger partial charge on any atom is 0.275 e. The van der Waals surface area contributed by atoms with Crippen molar-refractivity contribution in [2.24, 2.45) is 7.05 Å². The van der Waals surface area contributed by atoms with Gasteiger partial charge in [-0.05, 0) is 107 Å². The zero-order valence-electron chi connectivity index (χ0n) is 32.8. The van der Waals surface area contributed by atoms with Gasteiger partial charge in [0.25, 0.3) is 5.91 Å². The Balaban J connectivity index is 1.27. The Morgan fingerprint density at radius 2 is 1.68 bits per heavy atom. The van der Waals surface area contributed by atoms with Crippen molar-refractivity contribution in [1.29, 1.82) is 0 Å². The molecule has 1 unspecified atom stereocenters. The summed E-state index contributed by atoms with van der Waals surface area (Å²) in [6, 6.07) is 15.9. The normalized spacial score (nSPS) is 14.3. The number of halogens is 2. The highest BCUT2D eigenvalue weighted by atomic mass is 35.5. The Kier molecular flexibility index (Phi) is 10.2. The molecule has 12 heteroatoms. The Morgan fingerprint density at radius 3 is 2.38 bits per heavy atom. The Morgan fingerprint density at radius 1 is 0.929 bits per heavy atom. The molecule has 1 aliphatic rings. The zero-order valence-corrected chi connectivity index (χ0v) is 34.3. The summed E-state index contributed by atoms with van der Waals surface area (Å²) in [7, 11) is 3.65. The number of methoxy groups -OCH3 is 1. The molecule has 1 amide bonds. The summed E-state index contributed by atoms with van der Waals surface area (Å²) in [5.41, 5.74) is 11.1. The van der Waals surface area contributed by atoms with Crippen LogP contribution in [0.5, 0.6) is 5.75 Å². The lowest BCUT2D eigenvalue weighted by atomic mass is 9.98. The van der Waals surface area contributed by atoms with Gasteiger partial charge in [0.2, 0.25) is 0 Å². The van der Waals surface area contributed by atoms with Gasteiger partial charge in [0, 0.05) is 90.1 Å². The largest absolute Gasteiger partial charge is 0.494 e. The standard InChI is InChI=1S/C44H45Cl2N7O3/c1-25-20-31(21-26(2)40(25)46)56-18-8-10-32-33-12-13-35(45)39(38-28(4)49-50(6)29(38)5)41(33)53-27(3)23-52(44(54)42(32)53)37-24-51(17-19-55-7)36-14-11-30(22-34(36)37)43-47-15-9-16-48-43/h9,11-16,20-22,24,27H,8,10,17-19,23H2,1-7H3. The lowest BCUT2D eigenvalue weighted by molar-refractivity contribution is 0.0957. The summed E-state index contributed by atoms with van der Waals surface area (Å²) in [5.74, 6) is 1.35. The first-order valence-corrected chi connectivity index (χ1v) is 19.7. The van der Waals surface area contributed by atoms with Gasteiger partial charge in [-0.25, -0.2) is 9.97 Å². The maximum atomic E-state index is 15.4. The Bertz CT molecular complexity index is 2620. The molecule has 10 nitrogen and oxygen atoms in total. The van der Waals surface area contributed by atoms with Crippen molar-refractivity contribution < 1.29 is 14.3 Å². The second-order valence-corrected chi connectivity index (χ2v) is 15.6. The molecular formula is C44H45Cl2N7O3. The van der Waals surface area contributed by atoms with Crippen molar-refractivity contribution in [1.82, 2.24) is 28.9 Å². The van der Waals surface area contributed by atoms with Crippen LogP contribution in [0.25, 0.3) is 44.3 Å². The minimum absolute atomic E-state index is 0.0620. The first kappa shape index (κ1) is 37.7. The number of carbonyl (C=O) groups excluding carboxylic acids is 1. The molecule has 3 aromatic carbocycles. The number of nitrogens with zero attached hydrogens (tertiary/aromatic N) is 7. The van der Waals surface area contributed by atoms with Crippen LogP contribution in [0.3, 0.4) is 0 Å². The van der Waals surface area contributed by atoms with E-state index in [9.17, 15) is 0 Å². The molecule has 4 aromatic heterocycles. The number of aromatic nitrogens is 6. The van der Waals surface area contributed by atoms with Crippen LogP contribution in [0.2, 0.25) is 10.0 Å². The van der Waals surface area contributed by atoms with E-state index in [4.69, 9.17) is 37.8 Å². The van der Waals surface area contributed by atoms with Crippen LogP contribution < -0.4 is 9.64 Å². The number of carbonyl (C=O) groups is 1. The van der Waals surface area contributed by atoms with Crippen LogP contribution in [0.1, 0.15) is 58.0 Å². The van der Waals surface area contributed by atoms with Crippen molar-refractivity contribution >= 4 is 56.6 Å². The summed E-state index contributed by atoms with van der Waals surface area (Å²) in [4.78, 5) is 26.3. The number of hydrogen-bond acceptors (Lipinski definition) is 6. The number of aryl methyl sites for hydroxylation is 5. The maximum absolute atomic E-state index is 15.4. The SMILES string of the molecule is COCCn1cc(N2CC(C)n3c(c(CCCOc4cc(C)c(Cl)c(C)c4)c4ccc(Cl)c(-c5c(C)nn(C)c5C)c43)C2=O)c2cc(-c3ncccn3)ccc21. The van der Waals surface area contributed by atoms with Crippen LogP contribution in [0.15, 0.2) is 67.1 Å². The quantitative estimate of drug-likeness (QED) is 0.121. The third-order valence-electron chi connectivity index (χ3n) is 11.1. The summed E-state index contributed by atoms with van der Waals surface area (Å²) in [6.45, 7) is 12.3. The molecule has 0 fully saturated rings. The summed E-state index contributed by atoms with van der Waals surface area (Å²) in [6.07, 6.45) is 6.87. The highest BCUT2D eigenvalue weighted by Gasteiger charge is 2.38. The van der Waals surface area contributed by atoms with E-state index in [2.05, 4.69) is 57.3 Å². The van der Waals surface area contributed by atoms with Crippen LogP contribution in [-0.4, -0.2) is 61.7 Å². The van der Waals surface area contributed by atoms with Crippen molar-refractivity contribution in [2.75, 3.05) is 31.8 Å². The number of amides is 1. The third-order valence-corrected chi connectivity index (χ3v) is 12.0. The van der Waals surface area contributed by atoms with Crippen LogP contribution in [0.4, 0.5) is 5.69 Å². The fourth-order valence-electron chi connectivity index (χ4n) is 8.39. The summed E-state index contributed by atoms with van der Waals surface area (Å²) in [5, 5.41) is 8.09. The fourth-order valence-corrected chi connectivity index (χ4v) is 8.75. The van der Waals surface area contributed by atoms with Gasteiger partial charge in [0.1, 0.15) is 11.4 Å². The topological polar surface area (TPSA) is 92.2 Å². The van der Waals surface area contributed by atoms with Gasteiger partial charge in [-0.2, -0.15) is 5.10 Å². The molecule has 0 saturated carbocycles. The molecule has 1 aliphatic heterocycles. The number of rotatable bonds is 11. The minimum atomic E-state index is -0.0947. The van der Waals surface area contributed by atoms with Crippen molar-refractivity contribution in [3.8, 4) is 28.3 Å². The molecule has 288 valence electrons. The van der Waals surface area contributed by atoms with E-state index in [-0.39, 0.29) is 11.9 Å². The monoisotopic (exact) mass is 789 g/mol. The molecule has 0 radical (unpaired) electrons. The van der Waals surface area contributed by atoms with E-state index in [1.54, 1.807) is 25.6 Å². The number of anilines is 1. The van der Waals surface area contributed by atoms with Crippen LogP contribution in [-0.2, 0) is 24.8 Å². The lowest BCUT2D eigenvalue weighted by Crippen LogP contribution is -2.42. The molecule has 0 saturated heterocycles. The van der Waals surface area contributed by atoms with E-state index in [1.165, 1.54) is 0 Å². The molecule has 5 heterocycles. The summed E-state index contributed by atoms with van der Waals surface area (Å²) >= 11 is 13.6. The first-order valence-electron chi connectivity index (χ1n) is 18.9. The van der Waals surface area contributed by atoms with E-state index in [0.717, 1.165) is 83.0 Å². The molecule has 56 heavy (non-hydrogen) atoms. The number of benzene rings is 3. The van der Waals surface area contributed by atoms with Crippen molar-refractivity contribution in [2.45, 2.75) is 60.0 Å². The fraction of sp³-hybridized carbons (Fsp3) is 0.318. The molecule has 8 rings (SSSR count). The molecule has 0 aliphatic carbocycles. The van der Waals surface area contributed by atoms with Gasteiger partial charge < -0.3 is 23.5 Å². The van der Waals surface area contributed by atoms with Gasteiger partial charge in [0.05, 0.1) is 40.7 Å². The van der Waals surface area contributed by atoms with E-state index in [1.807, 2.05) is 61.7 Å². The zero-order chi connectivity index (χ0) is 39.4. The van der Waals surface area contributed by atoms with E-state index >= 15 is 4.79 Å². The van der Waals surface area contributed by atoms with Crippen molar-refractivity contribution in [3.63, 3.8) is 0 Å². The second kappa shape index (κ2) is 15.1. The number of hydrogen-bond donors (Lipinski definition) is 0. The van der Waals surface area contributed by atoms with Gasteiger partial charge >= 0.3 is 0 Å². The molecule has 0 bridgehead atoms. The average molecular weight is 791 g/mol. The van der Waals surface area contributed by atoms with Gasteiger partial charge in [-0.15, -0.1) is 0 Å². The first-order chi connectivity index (χ1) is 27.0. The number of ether oxygens (including phenoxy) is 2. The van der Waals surface area contributed by atoms with Crippen molar-refractivity contribution in [3.05, 3.63) is 111 Å². The van der Waals surface area contributed by atoms with Gasteiger partial charge in [-0.1, -0.05) is 29.3 Å². The highest BCUT2D eigenvalue weighted by Crippen LogP contribution is 2.46. The summed E-state index contributed by atoms with van der Waals surface area (Å²) < 4.78 is 18.1. The van der Waals surface area contributed by atoms with E-state index in [0.29, 0.717) is 55.7 Å². The average Bonchev–Trinajstić information content (AvgIpc) is 3.81. The van der Waals surface area contributed by atoms with Gasteiger partial charge in [0.15, 0.2) is 5.82 Å². The molecular weight excluding hydrogens is 745 g/mol. The van der Waals surface area contributed by atoms with Crippen LogP contribution >= 0.6 is 23.2 Å². The number of fused-ring (bicyclic) bond motifs is 4. The van der Waals surface area contributed by atoms with Crippen LogP contribution in [0, 0.1) is 27.7 Å². The lowest BCUT2D eigenvalue weighted by Gasteiger charge is -2.34. The third kappa shape index (κ3) is 6.43. The Hall–Kier alpha value is -5.16. The van der Waals surface area contributed by atoms with E-state index < -0.39 is 0 Å². The predicted octanol–water partition coefficient (Wildman–Crippen LogP) is 9.87. The predicted molar refractivity (Wildman–Crippen MR) is 225 cm³/mol. The molecule has 0 spiro atoms. The minimum Gasteiger partial charge on any atom is -0.494 e. The molecule has 7 aromatic rings. The second-order valence-electron chi connectivity index (χ2n) is 14.8. The van der Waals surface area contributed by atoms with Gasteiger partial charge in [-0.3, -0.25) is 9.48 Å². The molecule has 0 N–H and O–H groups in total.